The highest BCUT2D eigenvalue weighted by atomic mass is 32.1. The van der Waals surface area contributed by atoms with E-state index in [1.807, 2.05) is 4.90 Å². The summed E-state index contributed by atoms with van der Waals surface area (Å²) in [6.07, 6.45) is 1.16. The molecule has 2 aromatic rings. The molecule has 22 heavy (non-hydrogen) atoms. The van der Waals surface area contributed by atoms with E-state index in [4.69, 9.17) is 12.2 Å². The van der Waals surface area contributed by atoms with Crippen molar-refractivity contribution < 1.29 is 4.79 Å². The van der Waals surface area contributed by atoms with Gasteiger partial charge in [0.05, 0.1) is 10.9 Å². The first-order chi connectivity index (χ1) is 10.4. The molecule has 0 radical (unpaired) electrons. The number of hydrogen-bond donors (Lipinski definition) is 2. The van der Waals surface area contributed by atoms with E-state index in [9.17, 15) is 9.59 Å². The fourth-order valence-corrected chi connectivity index (χ4v) is 3.52. The Morgan fingerprint density at radius 3 is 2.59 bits per heavy atom. The third-order valence-corrected chi connectivity index (χ3v) is 4.35. The summed E-state index contributed by atoms with van der Waals surface area (Å²) in [4.78, 5) is 31.9. The first-order valence-electron chi connectivity index (χ1n) is 7.49. The van der Waals surface area contributed by atoms with Gasteiger partial charge in [0.25, 0.3) is 11.5 Å². The average Bonchev–Trinajstić information content (AvgIpc) is 2.44. The molecule has 1 amide bonds. The topological polar surface area (TPSA) is 69.0 Å². The lowest BCUT2D eigenvalue weighted by atomic mass is 9.91. The monoisotopic (exact) mass is 317 g/mol. The maximum absolute atomic E-state index is 12.7. The summed E-state index contributed by atoms with van der Waals surface area (Å²) in [6, 6.07) is 5.09. The lowest BCUT2D eigenvalue weighted by Gasteiger charge is -2.35. The molecule has 6 heteroatoms. The number of piperidine rings is 1. The van der Waals surface area contributed by atoms with E-state index in [-0.39, 0.29) is 16.2 Å². The van der Waals surface area contributed by atoms with Gasteiger partial charge in [-0.1, -0.05) is 13.8 Å². The first kappa shape index (κ1) is 15.0. The molecule has 1 aliphatic heterocycles. The van der Waals surface area contributed by atoms with E-state index in [0.29, 0.717) is 28.3 Å². The van der Waals surface area contributed by atoms with Crippen molar-refractivity contribution in [2.75, 3.05) is 13.1 Å². The number of aromatic amines is 2. The number of nitrogens with zero attached hydrogens (tertiary/aromatic N) is 1. The maximum atomic E-state index is 12.7. The van der Waals surface area contributed by atoms with Crippen LogP contribution in [0.25, 0.3) is 10.9 Å². The Hall–Kier alpha value is -1.95. The van der Waals surface area contributed by atoms with Crippen LogP contribution in [-0.4, -0.2) is 33.9 Å². The first-order valence-corrected chi connectivity index (χ1v) is 7.90. The Kier molecular flexibility index (Phi) is 3.87. The number of H-pyrrole nitrogens is 2. The van der Waals surface area contributed by atoms with Crippen LogP contribution in [0.3, 0.4) is 0 Å². The molecule has 1 fully saturated rings. The second-order valence-corrected chi connectivity index (χ2v) is 6.73. The molecule has 116 valence electrons. The Morgan fingerprint density at radius 2 is 1.91 bits per heavy atom. The van der Waals surface area contributed by atoms with Gasteiger partial charge in [-0.25, -0.2) is 0 Å². The van der Waals surface area contributed by atoms with Crippen LogP contribution in [0.2, 0.25) is 0 Å². The van der Waals surface area contributed by atoms with E-state index in [1.165, 1.54) is 0 Å². The molecule has 1 aliphatic rings. The summed E-state index contributed by atoms with van der Waals surface area (Å²) in [7, 11) is 0. The Labute approximate surface area is 133 Å². The summed E-state index contributed by atoms with van der Waals surface area (Å²) >= 11 is 4.99. The molecule has 0 spiro atoms. The van der Waals surface area contributed by atoms with E-state index >= 15 is 0 Å². The number of rotatable bonds is 1. The van der Waals surface area contributed by atoms with Crippen molar-refractivity contribution in [3.8, 4) is 0 Å². The van der Waals surface area contributed by atoms with Gasteiger partial charge in [0.1, 0.15) is 0 Å². The molecule has 1 aromatic heterocycles. The van der Waals surface area contributed by atoms with Gasteiger partial charge in [0.2, 0.25) is 0 Å². The number of likely N-dealkylation sites (tertiary alicyclic amines) is 1. The quantitative estimate of drug-likeness (QED) is 0.795. The minimum Gasteiger partial charge on any atom is -0.338 e. The molecule has 0 aliphatic carbocycles. The van der Waals surface area contributed by atoms with Gasteiger partial charge < -0.3 is 9.88 Å². The second kappa shape index (κ2) is 5.68. The SMILES string of the molecule is C[C@@H]1C[C@@H](C)CN(C(=O)c2ccc3c(=O)[nH]c(=S)[nH]c3c2)C1. The predicted octanol–water partition coefficient (Wildman–Crippen LogP) is 2.70. The largest absolute Gasteiger partial charge is 0.338 e. The fraction of sp³-hybridized carbons (Fsp3) is 0.438. The van der Waals surface area contributed by atoms with Crippen LogP contribution in [0.5, 0.6) is 0 Å². The number of amides is 1. The molecule has 2 atom stereocenters. The second-order valence-electron chi connectivity index (χ2n) is 6.32. The van der Waals surface area contributed by atoms with Crippen molar-refractivity contribution >= 4 is 29.0 Å². The van der Waals surface area contributed by atoms with Gasteiger partial charge in [0.15, 0.2) is 4.77 Å². The summed E-state index contributed by atoms with van der Waals surface area (Å²) in [5.74, 6) is 1.04. The van der Waals surface area contributed by atoms with Crippen molar-refractivity contribution in [2.24, 2.45) is 11.8 Å². The summed E-state index contributed by atoms with van der Waals surface area (Å²) < 4.78 is 0.266. The normalized spacial score (nSPS) is 22.0. The molecule has 3 rings (SSSR count). The zero-order valence-corrected chi connectivity index (χ0v) is 13.5. The van der Waals surface area contributed by atoms with Crippen molar-refractivity contribution in [3.63, 3.8) is 0 Å². The van der Waals surface area contributed by atoms with Crippen LogP contribution in [0.4, 0.5) is 0 Å². The van der Waals surface area contributed by atoms with Gasteiger partial charge in [0, 0.05) is 18.7 Å². The maximum Gasteiger partial charge on any atom is 0.259 e. The van der Waals surface area contributed by atoms with Crippen molar-refractivity contribution in [3.05, 3.63) is 38.9 Å². The molecule has 0 saturated carbocycles. The molecule has 0 unspecified atom stereocenters. The number of nitrogens with one attached hydrogen (secondary N) is 2. The van der Waals surface area contributed by atoms with Crippen LogP contribution >= 0.6 is 12.2 Å². The zero-order chi connectivity index (χ0) is 15.9. The molecule has 0 bridgehead atoms. The molecular weight excluding hydrogens is 298 g/mol. The Balaban J connectivity index is 1.97. The number of hydrogen-bond acceptors (Lipinski definition) is 3. The van der Waals surface area contributed by atoms with Crippen LogP contribution in [0, 0.1) is 16.6 Å². The van der Waals surface area contributed by atoms with Gasteiger partial charge in [-0.15, -0.1) is 0 Å². The highest BCUT2D eigenvalue weighted by molar-refractivity contribution is 7.71. The number of carbonyl (C=O) groups excluding carboxylic acids is 1. The molecule has 1 saturated heterocycles. The van der Waals surface area contributed by atoms with E-state index in [0.717, 1.165) is 19.5 Å². The van der Waals surface area contributed by atoms with Crippen LogP contribution in [0.15, 0.2) is 23.0 Å². The number of aromatic nitrogens is 2. The molecular formula is C16H19N3O2S. The Bertz CT molecular complexity index is 829. The van der Waals surface area contributed by atoms with Gasteiger partial charge in [-0.05, 0) is 48.7 Å². The third kappa shape index (κ3) is 2.83. The molecule has 1 aromatic carbocycles. The van der Waals surface area contributed by atoms with Gasteiger partial charge in [-0.3, -0.25) is 14.6 Å². The summed E-state index contributed by atoms with van der Waals surface area (Å²) in [6.45, 7) is 5.92. The van der Waals surface area contributed by atoms with Crippen LogP contribution in [-0.2, 0) is 0 Å². The standard InChI is InChI=1S/C16H19N3O2S/c1-9-5-10(2)8-19(7-9)15(21)11-3-4-12-13(6-11)17-16(22)18-14(12)20/h3-4,6,9-10H,5,7-8H2,1-2H3,(H2,17,18,20,22)/t9-,10-/m1/s1. The van der Waals surface area contributed by atoms with Gasteiger partial charge >= 0.3 is 0 Å². The van der Waals surface area contributed by atoms with Crippen molar-refractivity contribution in [2.45, 2.75) is 20.3 Å². The lowest BCUT2D eigenvalue weighted by Crippen LogP contribution is -2.42. The van der Waals surface area contributed by atoms with E-state index in [2.05, 4.69) is 23.8 Å². The lowest BCUT2D eigenvalue weighted by molar-refractivity contribution is 0.0623. The molecule has 2 N–H and O–H groups in total. The Morgan fingerprint density at radius 1 is 1.23 bits per heavy atom. The van der Waals surface area contributed by atoms with Crippen molar-refractivity contribution in [1.29, 1.82) is 0 Å². The minimum absolute atomic E-state index is 0.0138. The smallest absolute Gasteiger partial charge is 0.259 e. The number of carbonyl (C=O) groups is 1. The minimum atomic E-state index is -0.238. The van der Waals surface area contributed by atoms with Gasteiger partial charge in [-0.2, -0.15) is 0 Å². The average molecular weight is 317 g/mol. The summed E-state index contributed by atoms with van der Waals surface area (Å²) in [5.41, 5.74) is 0.945. The van der Waals surface area contributed by atoms with Crippen LogP contribution in [0.1, 0.15) is 30.6 Å². The van der Waals surface area contributed by atoms with Crippen LogP contribution < -0.4 is 5.56 Å². The predicted molar refractivity (Wildman–Crippen MR) is 88.6 cm³/mol. The van der Waals surface area contributed by atoms with E-state index in [1.54, 1.807) is 18.2 Å². The van der Waals surface area contributed by atoms with E-state index < -0.39 is 0 Å². The number of fused-ring (bicyclic) bond motifs is 1. The third-order valence-electron chi connectivity index (χ3n) is 4.14. The fourth-order valence-electron chi connectivity index (χ4n) is 3.31. The molecule has 5 nitrogen and oxygen atoms in total. The zero-order valence-electron chi connectivity index (χ0n) is 12.7. The molecule has 2 heterocycles. The highest BCUT2D eigenvalue weighted by Gasteiger charge is 2.26. The summed E-state index contributed by atoms with van der Waals surface area (Å²) in [5, 5.41) is 0.505. The number of benzene rings is 1. The highest BCUT2D eigenvalue weighted by Crippen LogP contribution is 2.23. The van der Waals surface area contributed by atoms with Crippen molar-refractivity contribution in [1.82, 2.24) is 14.9 Å².